The van der Waals surface area contributed by atoms with Crippen LogP contribution in [0.15, 0.2) is 24.3 Å². The molecular formula is C13H16O3. The predicted octanol–water partition coefficient (Wildman–Crippen LogP) is 2.64. The highest BCUT2D eigenvalue weighted by molar-refractivity contribution is 5.67. The molecule has 1 saturated carbocycles. The summed E-state index contributed by atoms with van der Waals surface area (Å²) in [4.78, 5) is 10.4. The average molecular weight is 220 g/mol. The summed E-state index contributed by atoms with van der Waals surface area (Å²) in [5, 5.41) is 8.56. The third kappa shape index (κ3) is 2.99. The van der Waals surface area contributed by atoms with E-state index in [9.17, 15) is 4.79 Å². The Labute approximate surface area is 95.0 Å². The van der Waals surface area contributed by atoms with Gasteiger partial charge in [0, 0.05) is 6.42 Å². The second kappa shape index (κ2) is 5.01. The number of aryl methyl sites for hydroxylation is 1. The van der Waals surface area contributed by atoms with Crippen LogP contribution in [-0.4, -0.2) is 17.2 Å². The Bertz CT molecular complexity index is 352. The molecule has 0 spiro atoms. The molecule has 1 aliphatic rings. The van der Waals surface area contributed by atoms with E-state index in [1.165, 1.54) is 6.42 Å². The molecule has 0 saturated heterocycles. The lowest BCUT2D eigenvalue weighted by atomic mass is 9.96. The van der Waals surface area contributed by atoms with E-state index in [1.54, 1.807) is 0 Å². The van der Waals surface area contributed by atoms with Crippen molar-refractivity contribution in [2.45, 2.75) is 38.2 Å². The summed E-state index contributed by atoms with van der Waals surface area (Å²) < 4.78 is 5.71. The van der Waals surface area contributed by atoms with Gasteiger partial charge < -0.3 is 9.84 Å². The van der Waals surface area contributed by atoms with Crippen LogP contribution in [0, 0.1) is 0 Å². The highest BCUT2D eigenvalue weighted by Crippen LogP contribution is 2.25. The molecule has 0 atom stereocenters. The zero-order valence-electron chi connectivity index (χ0n) is 9.19. The quantitative estimate of drug-likeness (QED) is 0.829. The fourth-order valence-electron chi connectivity index (χ4n) is 1.67. The summed E-state index contributed by atoms with van der Waals surface area (Å²) in [5.74, 6) is 0.138. The van der Waals surface area contributed by atoms with Crippen molar-refractivity contribution in [2.75, 3.05) is 0 Å². The van der Waals surface area contributed by atoms with Gasteiger partial charge in [-0.2, -0.15) is 0 Å². The number of ether oxygens (including phenoxy) is 1. The van der Waals surface area contributed by atoms with Gasteiger partial charge in [-0.15, -0.1) is 0 Å². The van der Waals surface area contributed by atoms with Gasteiger partial charge in [-0.1, -0.05) is 12.1 Å². The molecule has 0 amide bonds. The Morgan fingerprint density at radius 3 is 2.50 bits per heavy atom. The number of aliphatic carboxylic acids is 1. The topological polar surface area (TPSA) is 46.5 Å². The summed E-state index contributed by atoms with van der Waals surface area (Å²) in [6, 6.07) is 7.74. The van der Waals surface area contributed by atoms with Gasteiger partial charge in [0.2, 0.25) is 0 Å². The minimum Gasteiger partial charge on any atom is -0.490 e. The second-order valence-electron chi connectivity index (χ2n) is 4.21. The molecular weight excluding hydrogens is 204 g/mol. The fourth-order valence-corrected chi connectivity index (χ4v) is 1.67. The fraction of sp³-hybridized carbons (Fsp3) is 0.462. The molecule has 16 heavy (non-hydrogen) atoms. The maximum Gasteiger partial charge on any atom is 0.303 e. The molecule has 1 aromatic rings. The van der Waals surface area contributed by atoms with Gasteiger partial charge in [-0.05, 0) is 43.4 Å². The number of hydrogen-bond donors (Lipinski definition) is 1. The summed E-state index contributed by atoms with van der Waals surface area (Å²) in [7, 11) is 0. The van der Waals surface area contributed by atoms with Crippen molar-refractivity contribution in [1.29, 1.82) is 0 Å². The molecule has 3 heteroatoms. The van der Waals surface area contributed by atoms with E-state index in [4.69, 9.17) is 9.84 Å². The first kappa shape index (κ1) is 11.0. The molecule has 0 aromatic heterocycles. The number of carboxylic acid groups (broad SMARTS) is 1. The van der Waals surface area contributed by atoms with Crippen LogP contribution in [-0.2, 0) is 11.2 Å². The molecule has 3 nitrogen and oxygen atoms in total. The van der Waals surface area contributed by atoms with Gasteiger partial charge in [0.1, 0.15) is 5.75 Å². The maximum absolute atomic E-state index is 10.4. The van der Waals surface area contributed by atoms with Gasteiger partial charge >= 0.3 is 5.97 Å². The van der Waals surface area contributed by atoms with Crippen LogP contribution in [0.2, 0.25) is 0 Å². The van der Waals surface area contributed by atoms with E-state index in [-0.39, 0.29) is 6.42 Å². The lowest BCUT2D eigenvalue weighted by molar-refractivity contribution is -0.136. The minimum absolute atomic E-state index is 0.183. The van der Waals surface area contributed by atoms with E-state index >= 15 is 0 Å². The van der Waals surface area contributed by atoms with E-state index in [1.807, 2.05) is 24.3 Å². The molecule has 2 rings (SSSR count). The SMILES string of the molecule is O=C(O)CCc1ccc(OC2CCC2)cc1. The molecule has 1 fully saturated rings. The first-order chi connectivity index (χ1) is 7.74. The standard InChI is InChI=1S/C13H16O3/c14-13(15)9-6-10-4-7-12(8-5-10)16-11-2-1-3-11/h4-5,7-8,11H,1-3,6,9H2,(H,14,15). The molecule has 1 aliphatic carbocycles. The van der Waals surface area contributed by atoms with E-state index < -0.39 is 5.97 Å². The highest BCUT2D eigenvalue weighted by atomic mass is 16.5. The van der Waals surface area contributed by atoms with Gasteiger partial charge in [0.05, 0.1) is 6.10 Å². The van der Waals surface area contributed by atoms with Gasteiger partial charge in [-0.3, -0.25) is 4.79 Å². The van der Waals surface area contributed by atoms with Gasteiger partial charge in [-0.25, -0.2) is 0 Å². The summed E-state index contributed by atoms with van der Waals surface area (Å²) in [5.41, 5.74) is 1.04. The third-order valence-electron chi connectivity index (χ3n) is 2.91. The lowest BCUT2D eigenvalue weighted by Gasteiger charge is -2.26. The Balaban J connectivity index is 1.85. The second-order valence-corrected chi connectivity index (χ2v) is 4.21. The van der Waals surface area contributed by atoms with Crippen LogP contribution < -0.4 is 4.74 Å². The zero-order valence-corrected chi connectivity index (χ0v) is 9.19. The van der Waals surface area contributed by atoms with Gasteiger partial charge in [0.25, 0.3) is 0 Å². The Morgan fingerprint density at radius 1 is 1.31 bits per heavy atom. The van der Waals surface area contributed by atoms with Crippen molar-refractivity contribution in [2.24, 2.45) is 0 Å². The van der Waals surface area contributed by atoms with Crippen molar-refractivity contribution in [3.05, 3.63) is 29.8 Å². The summed E-state index contributed by atoms with van der Waals surface area (Å²) >= 11 is 0. The number of benzene rings is 1. The largest absolute Gasteiger partial charge is 0.490 e. The summed E-state index contributed by atoms with van der Waals surface area (Å²) in [6.07, 6.45) is 4.73. The number of rotatable bonds is 5. The Kier molecular flexibility index (Phi) is 3.44. The van der Waals surface area contributed by atoms with Crippen molar-refractivity contribution in [1.82, 2.24) is 0 Å². The number of hydrogen-bond acceptors (Lipinski definition) is 2. The van der Waals surface area contributed by atoms with Crippen LogP contribution in [0.25, 0.3) is 0 Å². The normalized spacial score (nSPS) is 15.5. The molecule has 0 heterocycles. The maximum atomic E-state index is 10.4. The molecule has 1 N–H and O–H groups in total. The predicted molar refractivity (Wildman–Crippen MR) is 60.7 cm³/mol. The van der Waals surface area contributed by atoms with Crippen LogP contribution >= 0.6 is 0 Å². The van der Waals surface area contributed by atoms with E-state index in [2.05, 4.69) is 0 Å². The van der Waals surface area contributed by atoms with Crippen LogP contribution in [0.1, 0.15) is 31.2 Å². The van der Waals surface area contributed by atoms with Crippen molar-refractivity contribution < 1.29 is 14.6 Å². The van der Waals surface area contributed by atoms with Crippen molar-refractivity contribution >= 4 is 5.97 Å². The number of carbonyl (C=O) groups is 1. The highest BCUT2D eigenvalue weighted by Gasteiger charge is 2.18. The van der Waals surface area contributed by atoms with Gasteiger partial charge in [0.15, 0.2) is 0 Å². The lowest BCUT2D eigenvalue weighted by Crippen LogP contribution is -2.24. The molecule has 1 aromatic carbocycles. The molecule has 0 aliphatic heterocycles. The summed E-state index contributed by atoms with van der Waals surface area (Å²) in [6.45, 7) is 0. The Hall–Kier alpha value is -1.51. The van der Waals surface area contributed by atoms with Crippen LogP contribution in [0.5, 0.6) is 5.75 Å². The van der Waals surface area contributed by atoms with Crippen LogP contribution in [0.4, 0.5) is 0 Å². The average Bonchev–Trinajstić information content (AvgIpc) is 2.22. The van der Waals surface area contributed by atoms with Crippen molar-refractivity contribution in [3.8, 4) is 5.75 Å². The van der Waals surface area contributed by atoms with Crippen LogP contribution in [0.3, 0.4) is 0 Å². The van der Waals surface area contributed by atoms with E-state index in [0.29, 0.717) is 12.5 Å². The van der Waals surface area contributed by atoms with E-state index in [0.717, 1.165) is 24.2 Å². The zero-order chi connectivity index (χ0) is 11.4. The number of carboxylic acids is 1. The van der Waals surface area contributed by atoms with Crippen molar-refractivity contribution in [3.63, 3.8) is 0 Å². The minimum atomic E-state index is -0.755. The molecule has 0 unspecified atom stereocenters. The first-order valence-corrected chi connectivity index (χ1v) is 5.71. The molecule has 0 radical (unpaired) electrons. The molecule has 86 valence electrons. The smallest absolute Gasteiger partial charge is 0.303 e. The Morgan fingerprint density at radius 2 is 2.00 bits per heavy atom. The monoisotopic (exact) mass is 220 g/mol. The first-order valence-electron chi connectivity index (χ1n) is 5.71. The molecule has 0 bridgehead atoms. The third-order valence-corrected chi connectivity index (χ3v) is 2.91.